The lowest BCUT2D eigenvalue weighted by Crippen LogP contribution is -2.25. The summed E-state index contributed by atoms with van der Waals surface area (Å²) in [4.78, 5) is 17.2. The molecule has 0 amide bonds. The number of hydrogen-bond donors (Lipinski definition) is 0. The molecule has 0 saturated heterocycles. The molecule has 4 nitrogen and oxygen atoms in total. The van der Waals surface area contributed by atoms with Crippen LogP contribution in [0.2, 0.25) is 0 Å². The van der Waals surface area contributed by atoms with Crippen molar-refractivity contribution < 1.29 is 13.9 Å². The van der Waals surface area contributed by atoms with Crippen LogP contribution in [0.3, 0.4) is 0 Å². The lowest BCUT2D eigenvalue weighted by Gasteiger charge is -2.27. The Hall–Kier alpha value is -2.74. The van der Waals surface area contributed by atoms with Crippen LogP contribution in [-0.2, 0) is 11.2 Å². The molecule has 0 aliphatic heterocycles. The second-order valence-corrected chi connectivity index (χ2v) is 8.83. The van der Waals surface area contributed by atoms with E-state index in [1.54, 1.807) is 6.07 Å². The molecule has 32 heavy (non-hydrogen) atoms. The van der Waals surface area contributed by atoms with Crippen molar-refractivity contribution in [1.82, 2.24) is 4.98 Å². The average Bonchev–Trinajstić information content (AvgIpc) is 2.82. The zero-order chi connectivity index (χ0) is 22.8. The number of esters is 1. The number of benzene rings is 1. The van der Waals surface area contributed by atoms with Crippen LogP contribution in [0.25, 0.3) is 0 Å². The van der Waals surface area contributed by atoms with Crippen LogP contribution < -0.4 is 4.74 Å². The fourth-order valence-corrected chi connectivity index (χ4v) is 4.41. The van der Waals surface area contributed by atoms with E-state index in [0.717, 1.165) is 43.9 Å². The molecule has 1 aromatic heterocycles. The lowest BCUT2D eigenvalue weighted by molar-refractivity contribution is -0.140. The minimum atomic E-state index is -0.674. The van der Waals surface area contributed by atoms with Gasteiger partial charge in [-0.15, -0.1) is 0 Å². The molecule has 1 fully saturated rings. The normalized spacial score (nSPS) is 18.2. The van der Waals surface area contributed by atoms with E-state index in [1.807, 2.05) is 6.20 Å². The first-order valence-electron chi connectivity index (χ1n) is 12.0. The molecule has 1 saturated carbocycles. The number of aromatic nitrogens is 1. The maximum Gasteiger partial charge on any atom is 0.314 e. The van der Waals surface area contributed by atoms with Gasteiger partial charge in [-0.1, -0.05) is 45.1 Å². The van der Waals surface area contributed by atoms with Gasteiger partial charge in [-0.05, 0) is 62.3 Å². The van der Waals surface area contributed by atoms with Crippen molar-refractivity contribution in [2.75, 3.05) is 0 Å². The number of nitriles is 1. The van der Waals surface area contributed by atoms with Crippen LogP contribution in [0.15, 0.2) is 36.5 Å². The van der Waals surface area contributed by atoms with Gasteiger partial charge in [0.2, 0.25) is 0 Å². The van der Waals surface area contributed by atoms with Gasteiger partial charge in [-0.3, -0.25) is 9.78 Å². The summed E-state index contributed by atoms with van der Waals surface area (Å²) in [7, 11) is 0. The van der Waals surface area contributed by atoms with E-state index < -0.39 is 5.82 Å². The molecule has 0 atom stereocenters. The van der Waals surface area contributed by atoms with E-state index in [-0.39, 0.29) is 23.2 Å². The average molecular weight is 437 g/mol. The topological polar surface area (TPSA) is 63.0 Å². The predicted octanol–water partition coefficient (Wildman–Crippen LogP) is 6.87. The Morgan fingerprint density at radius 2 is 1.84 bits per heavy atom. The van der Waals surface area contributed by atoms with Crippen molar-refractivity contribution in [3.05, 3.63) is 59.2 Å². The molecule has 5 heteroatoms. The molecule has 0 N–H and O–H groups in total. The third-order valence-corrected chi connectivity index (χ3v) is 6.42. The number of carbonyl (C=O) groups is 1. The summed E-state index contributed by atoms with van der Waals surface area (Å²) < 4.78 is 19.1. The van der Waals surface area contributed by atoms with E-state index in [4.69, 9.17) is 15.0 Å². The van der Waals surface area contributed by atoms with Crippen LogP contribution >= 0.6 is 0 Å². The quantitative estimate of drug-likeness (QED) is 0.231. The Kier molecular flexibility index (Phi) is 9.22. The Bertz CT molecular complexity index is 912. The molecule has 1 aromatic carbocycles. The van der Waals surface area contributed by atoms with Gasteiger partial charge in [0, 0.05) is 23.9 Å². The first kappa shape index (κ1) is 23.9. The Balaban J connectivity index is 1.42. The van der Waals surface area contributed by atoms with Gasteiger partial charge < -0.3 is 4.74 Å². The number of halogens is 1. The maximum atomic E-state index is 13.7. The number of nitrogens with zero attached hydrogens (tertiary/aromatic N) is 2. The first-order valence-corrected chi connectivity index (χ1v) is 12.0. The van der Waals surface area contributed by atoms with E-state index in [1.165, 1.54) is 56.2 Å². The number of unbranched alkanes of at least 4 members (excludes halogenated alkanes) is 5. The highest BCUT2D eigenvalue weighted by molar-refractivity contribution is 5.75. The van der Waals surface area contributed by atoms with E-state index in [0.29, 0.717) is 5.92 Å². The second-order valence-electron chi connectivity index (χ2n) is 8.83. The van der Waals surface area contributed by atoms with Crippen LogP contribution in [0, 0.1) is 23.1 Å². The van der Waals surface area contributed by atoms with Crippen molar-refractivity contribution in [2.24, 2.45) is 5.92 Å². The summed E-state index contributed by atoms with van der Waals surface area (Å²) in [6, 6.07) is 10.00. The van der Waals surface area contributed by atoms with Crippen molar-refractivity contribution in [3.8, 4) is 11.8 Å². The zero-order valence-electron chi connectivity index (χ0n) is 19.0. The van der Waals surface area contributed by atoms with Crippen LogP contribution in [-0.4, -0.2) is 11.0 Å². The Morgan fingerprint density at radius 3 is 2.50 bits per heavy atom. The van der Waals surface area contributed by atoms with Crippen molar-refractivity contribution in [2.45, 2.75) is 83.5 Å². The first-order chi connectivity index (χ1) is 15.6. The Morgan fingerprint density at radius 1 is 1.09 bits per heavy atom. The highest BCUT2D eigenvalue weighted by Gasteiger charge is 2.29. The summed E-state index contributed by atoms with van der Waals surface area (Å²) in [6.45, 7) is 2.24. The molecule has 0 bridgehead atoms. The minimum Gasteiger partial charge on any atom is -0.426 e. The van der Waals surface area contributed by atoms with Crippen molar-refractivity contribution in [1.29, 1.82) is 5.26 Å². The number of hydrogen-bond acceptors (Lipinski definition) is 4. The highest BCUT2D eigenvalue weighted by Crippen LogP contribution is 2.35. The van der Waals surface area contributed by atoms with Gasteiger partial charge in [-0.25, -0.2) is 4.39 Å². The summed E-state index contributed by atoms with van der Waals surface area (Å²) in [5.74, 6) is -0.662. The van der Waals surface area contributed by atoms with Gasteiger partial charge in [0.15, 0.2) is 0 Å². The minimum absolute atomic E-state index is 0.0594. The second kappa shape index (κ2) is 12.3. The van der Waals surface area contributed by atoms with E-state index in [9.17, 15) is 9.18 Å². The molecule has 1 heterocycles. The summed E-state index contributed by atoms with van der Waals surface area (Å²) >= 11 is 0. The van der Waals surface area contributed by atoms with Crippen molar-refractivity contribution >= 4 is 5.97 Å². The number of rotatable bonds is 10. The largest absolute Gasteiger partial charge is 0.426 e. The summed E-state index contributed by atoms with van der Waals surface area (Å²) in [5, 5.41) is 8.80. The number of carbonyl (C=O) groups excluding carboxylic acids is 1. The fraction of sp³-hybridized carbons (Fsp3) is 0.519. The lowest BCUT2D eigenvalue weighted by atomic mass is 9.80. The van der Waals surface area contributed by atoms with Gasteiger partial charge in [0.05, 0.1) is 11.5 Å². The molecule has 170 valence electrons. The van der Waals surface area contributed by atoms with Crippen LogP contribution in [0.5, 0.6) is 5.75 Å². The molecule has 2 aromatic rings. The van der Waals surface area contributed by atoms with E-state index >= 15 is 0 Å². The summed E-state index contributed by atoms with van der Waals surface area (Å²) in [5.41, 5.74) is 2.35. The monoisotopic (exact) mass is 436 g/mol. The van der Waals surface area contributed by atoms with Gasteiger partial charge in [-0.2, -0.15) is 5.26 Å². The van der Waals surface area contributed by atoms with Crippen molar-refractivity contribution in [3.63, 3.8) is 0 Å². The molecule has 0 radical (unpaired) electrons. The molecule has 1 aliphatic rings. The zero-order valence-corrected chi connectivity index (χ0v) is 19.0. The molecular formula is C27H33FN2O2. The van der Waals surface area contributed by atoms with Gasteiger partial charge >= 0.3 is 5.97 Å². The van der Waals surface area contributed by atoms with E-state index in [2.05, 4.69) is 19.1 Å². The number of aryl methyl sites for hydroxylation is 1. The predicted molar refractivity (Wildman–Crippen MR) is 123 cm³/mol. The Labute approximate surface area is 190 Å². The number of ether oxygens (including phenoxy) is 1. The standard InChI is InChI=1S/C27H33FN2O2/c1-2-3-4-5-6-7-8-20-9-16-26(30-19-20)21-10-12-22(13-11-21)27(31)32-24-15-14-23(18-29)25(28)17-24/h9,14-17,19,21-22H,2-8,10-13H2,1H3. The van der Waals surface area contributed by atoms with Crippen LogP contribution in [0.4, 0.5) is 4.39 Å². The number of pyridine rings is 1. The molecule has 3 rings (SSSR count). The third kappa shape index (κ3) is 6.88. The van der Waals surface area contributed by atoms with Gasteiger partial charge in [0.25, 0.3) is 0 Å². The third-order valence-electron chi connectivity index (χ3n) is 6.42. The highest BCUT2D eigenvalue weighted by atomic mass is 19.1. The maximum absolute atomic E-state index is 13.7. The molecular weight excluding hydrogens is 403 g/mol. The van der Waals surface area contributed by atoms with Crippen LogP contribution in [0.1, 0.15) is 93.9 Å². The molecule has 0 spiro atoms. The summed E-state index contributed by atoms with van der Waals surface area (Å²) in [6.07, 6.45) is 14.2. The fourth-order valence-electron chi connectivity index (χ4n) is 4.41. The smallest absolute Gasteiger partial charge is 0.314 e. The SMILES string of the molecule is CCCCCCCCc1ccc(C2CCC(C(=O)Oc3ccc(C#N)c(F)c3)CC2)nc1. The van der Waals surface area contributed by atoms with Gasteiger partial charge in [0.1, 0.15) is 17.6 Å². The molecule has 0 unspecified atom stereocenters. The molecule has 1 aliphatic carbocycles.